The molecule has 0 bridgehead atoms. The fourth-order valence-corrected chi connectivity index (χ4v) is 4.32. The van der Waals surface area contributed by atoms with E-state index in [9.17, 15) is 14.4 Å². The molecule has 9 heteroatoms. The van der Waals surface area contributed by atoms with Crippen LogP contribution in [0.15, 0.2) is 82.5 Å². The molecule has 0 saturated carbocycles. The third-order valence-electron chi connectivity index (χ3n) is 5.12. The second kappa shape index (κ2) is 9.17. The molecule has 1 aliphatic heterocycles. The molecule has 1 aromatic heterocycles. The Labute approximate surface area is 203 Å². The first-order valence-corrected chi connectivity index (χ1v) is 11.4. The summed E-state index contributed by atoms with van der Waals surface area (Å²) in [6.07, 6.45) is 1.64. The van der Waals surface area contributed by atoms with Crippen molar-refractivity contribution in [3.8, 4) is 11.4 Å². The molecule has 1 N–H and O–H groups in total. The highest BCUT2D eigenvalue weighted by Gasteiger charge is 2.24. The van der Waals surface area contributed by atoms with Crippen LogP contribution in [0.3, 0.4) is 0 Å². The van der Waals surface area contributed by atoms with Crippen LogP contribution >= 0.6 is 23.4 Å². The quantitative estimate of drug-likeness (QED) is 0.399. The predicted octanol–water partition coefficient (Wildman–Crippen LogP) is 4.94. The van der Waals surface area contributed by atoms with Gasteiger partial charge in [-0.25, -0.2) is 4.98 Å². The SMILES string of the molecule is O=C1NC(=O)/C(=C\c2ccc(OCc3nc4ccccc4c(=O)n3-c3ccc(Cl)cc3)cc2)S1. The first-order valence-electron chi connectivity index (χ1n) is 10.2. The highest BCUT2D eigenvalue weighted by molar-refractivity contribution is 8.18. The fraction of sp³-hybridized carbons (Fsp3) is 0.0400. The molecule has 7 nitrogen and oxygen atoms in total. The summed E-state index contributed by atoms with van der Waals surface area (Å²) in [5.74, 6) is 0.597. The Morgan fingerprint density at radius 2 is 1.71 bits per heavy atom. The zero-order chi connectivity index (χ0) is 23.7. The Morgan fingerprint density at radius 1 is 0.971 bits per heavy atom. The molecule has 3 aromatic carbocycles. The van der Waals surface area contributed by atoms with Gasteiger partial charge in [-0.2, -0.15) is 0 Å². The van der Waals surface area contributed by atoms with Gasteiger partial charge in [0, 0.05) is 5.02 Å². The van der Waals surface area contributed by atoms with Crippen molar-refractivity contribution in [2.75, 3.05) is 0 Å². The first kappa shape index (κ1) is 21.9. The Kier molecular flexibility index (Phi) is 5.91. The van der Waals surface area contributed by atoms with Crippen LogP contribution in [0.25, 0.3) is 22.7 Å². The van der Waals surface area contributed by atoms with Gasteiger partial charge in [0.05, 0.1) is 21.5 Å². The lowest BCUT2D eigenvalue weighted by Gasteiger charge is -2.14. The summed E-state index contributed by atoms with van der Waals surface area (Å²) in [6.45, 7) is 0.0515. The van der Waals surface area contributed by atoms with Crippen LogP contribution in [0.2, 0.25) is 5.02 Å². The Morgan fingerprint density at radius 3 is 2.41 bits per heavy atom. The molecule has 2 amide bonds. The summed E-state index contributed by atoms with van der Waals surface area (Å²) < 4.78 is 7.46. The summed E-state index contributed by atoms with van der Waals surface area (Å²) in [7, 11) is 0. The van der Waals surface area contributed by atoms with Gasteiger partial charge in [-0.3, -0.25) is 24.3 Å². The monoisotopic (exact) mass is 489 g/mol. The van der Waals surface area contributed by atoms with Crippen molar-refractivity contribution in [3.05, 3.63) is 104 Å². The van der Waals surface area contributed by atoms with Crippen LogP contribution in [0.5, 0.6) is 5.75 Å². The summed E-state index contributed by atoms with van der Waals surface area (Å²) in [5, 5.41) is 2.91. The van der Waals surface area contributed by atoms with Crippen LogP contribution in [0, 0.1) is 0 Å². The molecule has 0 aliphatic carbocycles. The van der Waals surface area contributed by atoms with Crippen LogP contribution in [-0.2, 0) is 11.4 Å². The largest absolute Gasteiger partial charge is 0.486 e. The minimum atomic E-state index is -0.405. The van der Waals surface area contributed by atoms with Gasteiger partial charge in [0.1, 0.15) is 12.4 Å². The number of hydrogen-bond acceptors (Lipinski definition) is 6. The van der Waals surface area contributed by atoms with E-state index in [4.69, 9.17) is 16.3 Å². The molecule has 1 fully saturated rings. The maximum atomic E-state index is 13.3. The van der Waals surface area contributed by atoms with Crippen molar-refractivity contribution < 1.29 is 14.3 Å². The second-order valence-electron chi connectivity index (χ2n) is 7.37. The average molecular weight is 490 g/mol. The van der Waals surface area contributed by atoms with Gasteiger partial charge in [0.2, 0.25) is 0 Å². The minimum absolute atomic E-state index is 0.0515. The summed E-state index contributed by atoms with van der Waals surface area (Å²) in [6, 6.07) is 21.2. The molecule has 0 unspecified atom stereocenters. The number of ether oxygens (including phenoxy) is 1. The number of amides is 2. The number of rotatable bonds is 5. The maximum absolute atomic E-state index is 13.3. The fourth-order valence-electron chi connectivity index (χ4n) is 3.51. The first-order chi connectivity index (χ1) is 16.5. The zero-order valence-electron chi connectivity index (χ0n) is 17.5. The Hall–Kier alpha value is -3.88. The van der Waals surface area contributed by atoms with E-state index in [1.807, 2.05) is 6.07 Å². The van der Waals surface area contributed by atoms with Gasteiger partial charge in [0.15, 0.2) is 5.82 Å². The van der Waals surface area contributed by atoms with Gasteiger partial charge >= 0.3 is 0 Å². The van der Waals surface area contributed by atoms with Crippen LogP contribution < -0.4 is 15.6 Å². The third kappa shape index (κ3) is 4.46. The molecular formula is C25H16ClN3O4S. The number of para-hydroxylation sites is 1. The number of fused-ring (bicyclic) bond motifs is 1. The number of halogens is 1. The van der Waals surface area contributed by atoms with Gasteiger partial charge in [0.25, 0.3) is 16.7 Å². The maximum Gasteiger partial charge on any atom is 0.290 e. The van der Waals surface area contributed by atoms with Gasteiger partial charge in [-0.1, -0.05) is 35.9 Å². The van der Waals surface area contributed by atoms with Gasteiger partial charge in [-0.05, 0) is 71.9 Å². The molecule has 0 radical (unpaired) electrons. The van der Waals surface area contributed by atoms with Crippen LogP contribution in [0.4, 0.5) is 4.79 Å². The topological polar surface area (TPSA) is 90.3 Å². The van der Waals surface area contributed by atoms with Crippen molar-refractivity contribution in [2.45, 2.75) is 6.61 Å². The van der Waals surface area contributed by atoms with Crippen LogP contribution in [0.1, 0.15) is 11.4 Å². The lowest BCUT2D eigenvalue weighted by Crippen LogP contribution is -2.25. The lowest BCUT2D eigenvalue weighted by atomic mass is 10.2. The molecule has 1 saturated heterocycles. The molecule has 1 aliphatic rings. The number of aromatic nitrogens is 2. The summed E-state index contributed by atoms with van der Waals surface area (Å²) in [4.78, 5) is 41.3. The predicted molar refractivity (Wildman–Crippen MR) is 132 cm³/mol. The highest BCUT2D eigenvalue weighted by atomic mass is 35.5. The van der Waals surface area contributed by atoms with E-state index < -0.39 is 5.91 Å². The molecule has 2 heterocycles. The lowest BCUT2D eigenvalue weighted by molar-refractivity contribution is -0.115. The minimum Gasteiger partial charge on any atom is -0.486 e. The number of benzene rings is 3. The molecular weight excluding hydrogens is 474 g/mol. The average Bonchev–Trinajstić information content (AvgIpc) is 3.16. The molecule has 0 atom stereocenters. The van der Waals surface area contributed by atoms with Crippen molar-refractivity contribution in [2.24, 2.45) is 0 Å². The molecule has 5 rings (SSSR count). The number of carbonyl (C=O) groups excluding carboxylic acids is 2. The second-order valence-corrected chi connectivity index (χ2v) is 8.82. The highest BCUT2D eigenvalue weighted by Crippen LogP contribution is 2.26. The van der Waals surface area contributed by atoms with Crippen molar-refractivity contribution in [1.82, 2.24) is 14.9 Å². The number of thioether (sulfide) groups is 1. The van der Waals surface area contributed by atoms with Crippen molar-refractivity contribution >= 4 is 51.5 Å². The standard InChI is InChI=1S/C25H16ClN3O4S/c26-16-7-9-17(10-8-16)29-22(27-20-4-2-1-3-19(20)24(29)31)14-33-18-11-5-15(6-12-18)13-21-23(30)28-25(32)34-21/h1-13H,14H2,(H,28,30,32)/b21-13+. The van der Waals surface area contributed by atoms with E-state index in [0.29, 0.717) is 38.1 Å². The van der Waals surface area contributed by atoms with Crippen LogP contribution in [-0.4, -0.2) is 20.7 Å². The van der Waals surface area contributed by atoms with E-state index in [0.717, 1.165) is 17.3 Å². The van der Waals surface area contributed by atoms with Gasteiger partial charge < -0.3 is 4.74 Å². The van der Waals surface area contributed by atoms with E-state index in [1.54, 1.807) is 72.8 Å². The van der Waals surface area contributed by atoms with E-state index in [1.165, 1.54) is 4.57 Å². The Bertz CT molecular complexity index is 1510. The number of nitrogens with zero attached hydrogens (tertiary/aromatic N) is 2. The van der Waals surface area contributed by atoms with E-state index in [-0.39, 0.29) is 17.4 Å². The van der Waals surface area contributed by atoms with E-state index in [2.05, 4.69) is 10.3 Å². The zero-order valence-corrected chi connectivity index (χ0v) is 19.1. The van der Waals surface area contributed by atoms with Gasteiger partial charge in [-0.15, -0.1) is 0 Å². The van der Waals surface area contributed by atoms with Crippen molar-refractivity contribution in [3.63, 3.8) is 0 Å². The van der Waals surface area contributed by atoms with Crippen molar-refractivity contribution in [1.29, 1.82) is 0 Å². The number of nitrogens with one attached hydrogen (secondary N) is 1. The molecule has 168 valence electrons. The normalized spacial score (nSPS) is 14.6. The Balaban J connectivity index is 1.44. The number of hydrogen-bond donors (Lipinski definition) is 1. The summed E-state index contributed by atoms with van der Waals surface area (Å²) in [5.41, 5.74) is 1.77. The molecule has 0 spiro atoms. The summed E-state index contributed by atoms with van der Waals surface area (Å²) >= 11 is 6.89. The third-order valence-corrected chi connectivity index (χ3v) is 6.18. The number of imide groups is 1. The molecule has 4 aromatic rings. The van der Waals surface area contributed by atoms with E-state index >= 15 is 0 Å². The number of carbonyl (C=O) groups is 2. The molecule has 34 heavy (non-hydrogen) atoms. The smallest absolute Gasteiger partial charge is 0.290 e.